The van der Waals surface area contributed by atoms with Gasteiger partial charge in [0.1, 0.15) is 22.3 Å². The van der Waals surface area contributed by atoms with Gasteiger partial charge in [0.2, 0.25) is 0 Å². The summed E-state index contributed by atoms with van der Waals surface area (Å²) >= 11 is 0. The van der Waals surface area contributed by atoms with Crippen LogP contribution in [0.4, 0.5) is 0 Å². The van der Waals surface area contributed by atoms with Crippen molar-refractivity contribution in [1.29, 1.82) is 0 Å². The van der Waals surface area contributed by atoms with Crippen LogP contribution in [0.1, 0.15) is 0 Å². The zero-order valence-corrected chi connectivity index (χ0v) is 46.7. The molecule has 0 unspecified atom stereocenters. The maximum absolute atomic E-state index is 6.96. The molecule has 0 atom stereocenters. The van der Waals surface area contributed by atoms with Gasteiger partial charge in [-0.3, -0.25) is 0 Å². The van der Waals surface area contributed by atoms with E-state index in [1.165, 1.54) is 98.0 Å². The summed E-state index contributed by atoms with van der Waals surface area (Å²) in [5.41, 5.74) is 19.9. The van der Waals surface area contributed by atoms with Crippen LogP contribution in [0.15, 0.2) is 312 Å². The van der Waals surface area contributed by atoms with Crippen molar-refractivity contribution in [2.45, 2.75) is 0 Å². The van der Waals surface area contributed by atoms with Gasteiger partial charge in [0.15, 0.2) is 0 Å². The van der Waals surface area contributed by atoms with Crippen LogP contribution in [0.25, 0.3) is 186 Å². The molecule has 398 valence electrons. The monoisotopic (exact) mass is 1090 g/mol. The van der Waals surface area contributed by atoms with Gasteiger partial charge >= 0.3 is 0 Å². The van der Waals surface area contributed by atoms with Gasteiger partial charge in [-0.05, 0) is 179 Å². The summed E-state index contributed by atoms with van der Waals surface area (Å²) in [6, 6.07) is 111. The van der Waals surface area contributed by atoms with Crippen LogP contribution in [0.5, 0.6) is 0 Å². The molecule has 0 aliphatic heterocycles. The Morgan fingerprint density at radius 3 is 1.28 bits per heavy atom. The minimum absolute atomic E-state index is 0.871. The third-order valence-corrected chi connectivity index (χ3v) is 18.2. The minimum atomic E-state index is 0.871. The van der Waals surface area contributed by atoms with Gasteiger partial charge in [0.05, 0.1) is 0 Å². The van der Waals surface area contributed by atoms with E-state index in [0.717, 1.165) is 88.4 Å². The highest BCUT2D eigenvalue weighted by atomic mass is 16.3. The van der Waals surface area contributed by atoms with E-state index in [2.05, 4.69) is 303 Å². The lowest BCUT2D eigenvalue weighted by Crippen LogP contribution is -1.92. The van der Waals surface area contributed by atoms with Crippen molar-refractivity contribution in [2.75, 3.05) is 0 Å². The van der Waals surface area contributed by atoms with Crippen LogP contribution in [0.2, 0.25) is 0 Å². The molecule has 0 aliphatic carbocycles. The normalized spacial score (nSPS) is 12.0. The quantitative estimate of drug-likeness (QED) is 0.149. The Balaban J connectivity index is 0.788. The molecule has 2 aromatic heterocycles. The number of furan rings is 2. The second kappa shape index (κ2) is 19.1. The number of hydrogen-bond donors (Lipinski definition) is 0. The van der Waals surface area contributed by atoms with E-state index < -0.39 is 0 Å². The number of fused-ring (bicyclic) bond motifs is 12. The molecule has 0 fully saturated rings. The first-order valence-electron chi connectivity index (χ1n) is 29.6. The van der Waals surface area contributed by atoms with E-state index in [0.29, 0.717) is 0 Å². The Morgan fingerprint density at radius 1 is 0.174 bits per heavy atom. The molecule has 0 saturated carbocycles. The van der Waals surface area contributed by atoms with E-state index in [-0.39, 0.29) is 0 Å². The summed E-state index contributed by atoms with van der Waals surface area (Å²) in [4.78, 5) is 0. The summed E-state index contributed by atoms with van der Waals surface area (Å²) in [6.45, 7) is 0. The summed E-state index contributed by atoms with van der Waals surface area (Å²) < 4.78 is 13.8. The SMILES string of the molecule is c1ccc(-c2c3ccccc3c(-c3cc(-c4cccc5cc(-c6cccc(-c7c8ccccc8c(-c8ccc(-c9cccc%10ccccc9%10)c9oc%10ccccc%10c89)c8ccccc78)c6)ccc45)cc4oc5ccccc5c34)c3ccccc23)cc1. The van der Waals surface area contributed by atoms with E-state index in [9.17, 15) is 0 Å². The fraction of sp³-hybridized carbons (Fsp3) is 0. The third kappa shape index (κ3) is 7.33. The van der Waals surface area contributed by atoms with Crippen molar-refractivity contribution in [3.63, 3.8) is 0 Å². The summed E-state index contributed by atoms with van der Waals surface area (Å²) in [5.74, 6) is 0. The summed E-state index contributed by atoms with van der Waals surface area (Å²) in [6.07, 6.45) is 0. The summed E-state index contributed by atoms with van der Waals surface area (Å²) in [5, 5.41) is 18.9. The molecule has 0 saturated heterocycles. The van der Waals surface area contributed by atoms with Crippen molar-refractivity contribution in [3.05, 3.63) is 303 Å². The molecule has 18 aromatic rings. The smallest absolute Gasteiger partial charge is 0.143 e. The van der Waals surface area contributed by atoms with Crippen LogP contribution < -0.4 is 0 Å². The second-order valence-electron chi connectivity index (χ2n) is 22.9. The number of hydrogen-bond acceptors (Lipinski definition) is 2. The van der Waals surface area contributed by atoms with Gasteiger partial charge in [-0.2, -0.15) is 0 Å². The first-order chi connectivity index (χ1) is 42.7. The van der Waals surface area contributed by atoms with Crippen molar-refractivity contribution in [2.24, 2.45) is 0 Å². The molecule has 0 radical (unpaired) electrons. The van der Waals surface area contributed by atoms with Crippen molar-refractivity contribution >= 4 is 109 Å². The zero-order valence-electron chi connectivity index (χ0n) is 46.7. The molecule has 0 spiro atoms. The Morgan fingerprint density at radius 2 is 0.616 bits per heavy atom. The van der Waals surface area contributed by atoms with Crippen LogP contribution in [-0.4, -0.2) is 0 Å². The standard InChI is InChI=1S/C84H50O2/c1-2-22-52(23-3-1)78-62-29-6-12-35-68(62)81(69-36-13-7-30-63(69)78)74-49-57(50-77-82(74)71-37-14-16-41-75(71)85-77)59-39-20-26-55-47-54(43-44-60(55)59)53-25-18-27-56(48-53)79-64-31-8-10-33-66(64)80(67-34-11-9-32-65(67)79)73-46-45-70(61-40-19-24-51-21-4-5-28-58(51)61)84-83(73)72-38-15-17-42-76(72)86-84/h1-50H. The maximum atomic E-state index is 6.96. The zero-order chi connectivity index (χ0) is 56.4. The predicted octanol–water partition coefficient (Wildman–Crippen LogP) is 24.1. The average molecular weight is 1090 g/mol. The largest absolute Gasteiger partial charge is 0.456 e. The molecule has 0 bridgehead atoms. The number of rotatable bonds is 7. The van der Waals surface area contributed by atoms with Crippen molar-refractivity contribution < 1.29 is 8.83 Å². The van der Waals surface area contributed by atoms with E-state index >= 15 is 0 Å². The van der Waals surface area contributed by atoms with Crippen molar-refractivity contribution in [1.82, 2.24) is 0 Å². The molecular formula is C84H50O2. The van der Waals surface area contributed by atoms with Crippen LogP contribution >= 0.6 is 0 Å². The Hall–Kier alpha value is -11.3. The Labute approximate surface area is 495 Å². The first-order valence-corrected chi connectivity index (χ1v) is 29.6. The molecule has 2 heterocycles. The fourth-order valence-electron chi connectivity index (χ4n) is 14.5. The minimum Gasteiger partial charge on any atom is -0.456 e. The molecule has 16 aromatic carbocycles. The maximum Gasteiger partial charge on any atom is 0.143 e. The van der Waals surface area contributed by atoms with E-state index in [1.807, 2.05) is 0 Å². The van der Waals surface area contributed by atoms with Crippen LogP contribution in [0.3, 0.4) is 0 Å². The Bertz CT molecular complexity index is 5720. The molecule has 0 N–H and O–H groups in total. The number of para-hydroxylation sites is 2. The highest BCUT2D eigenvalue weighted by molar-refractivity contribution is 6.29. The second-order valence-corrected chi connectivity index (χ2v) is 22.9. The lowest BCUT2D eigenvalue weighted by Gasteiger charge is -2.19. The summed E-state index contributed by atoms with van der Waals surface area (Å²) in [7, 11) is 0. The fourth-order valence-corrected chi connectivity index (χ4v) is 14.5. The molecule has 18 rings (SSSR count). The van der Waals surface area contributed by atoms with Crippen LogP contribution in [-0.2, 0) is 0 Å². The first kappa shape index (κ1) is 48.2. The van der Waals surface area contributed by atoms with Gasteiger partial charge in [-0.1, -0.05) is 261 Å². The predicted molar refractivity (Wildman–Crippen MR) is 364 cm³/mol. The molecule has 86 heavy (non-hydrogen) atoms. The van der Waals surface area contributed by atoms with E-state index in [1.54, 1.807) is 0 Å². The average Bonchev–Trinajstić information content (AvgIpc) is 1.40. The van der Waals surface area contributed by atoms with Gasteiger partial charge in [0.25, 0.3) is 0 Å². The van der Waals surface area contributed by atoms with Crippen molar-refractivity contribution in [3.8, 4) is 77.9 Å². The van der Waals surface area contributed by atoms with E-state index in [4.69, 9.17) is 8.83 Å². The highest BCUT2D eigenvalue weighted by Gasteiger charge is 2.25. The highest BCUT2D eigenvalue weighted by Crippen LogP contribution is 2.52. The van der Waals surface area contributed by atoms with Gasteiger partial charge in [0, 0.05) is 27.1 Å². The van der Waals surface area contributed by atoms with Crippen LogP contribution in [0, 0.1) is 0 Å². The molecular weight excluding hydrogens is 1040 g/mol. The van der Waals surface area contributed by atoms with Gasteiger partial charge in [-0.15, -0.1) is 0 Å². The third-order valence-electron chi connectivity index (χ3n) is 18.2. The lowest BCUT2D eigenvalue weighted by atomic mass is 9.83. The Kier molecular flexibility index (Phi) is 10.7. The van der Waals surface area contributed by atoms with Gasteiger partial charge in [-0.25, -0.2) is 0 Å². The molecule has 2 nitrogen and oxygen atoms in total. The molecule has 0 aliphatic rings. The lowest BCUT2D eigenvalue weighted by molar-refractivity contribution is 0.669. The topological polar surface area (TPSA) is 26.3 Å². The van der Waals surface area contributed by atoms with Gasteiger partial charge < -0.3 is 8.83 Å². The number of benzene rings is 16. The molecule has 0 amide bonds. The molecule has 2 heteroatoms.